The summed E-state index contributed by atoms with van der Waals surface area (Å²) in [6, 6.07) is 0. The van der Waals surface area contributed by atoms with Crippen molar-refractivity contribution >= 4 is 8.56 Å². The second-order valence-corrected chi connectivity index (χ2v) is 5.39. The van der Waals surface area contributed by atoms with Gasteiger partial charge in [-0.3, -0.25) is 0 Å². The Morgan fingerprint density at radius 1 is 1.40 bits per heavy atom. The second kappa shape index (κ2) is 4.49. The summed E-state index contributed by atoms with van der Waals surface area (Å²) in [5.41, 5.74) is 0. The van der Waals surface area contributed by atoms with Crippen molar-refractivity contribution in [3.05, 3.63) is 12.8 Å². The summed E-state index contributed by atoms with van der Waals surface area (Å²) >= 11 is 0. The van der Waals surface area contributed by atoms with Gasteiger partial charge in [0.05, 0.1) is 6.26 Å². The highest BCUT2D eigenvalue weighted by Gasteiger charge is 2.29. The van der Waals surface area contributed by atoms with E-state index in [1.165, 1.54) is 6.26 Å². The molecule has 0 saturated heterocycles. The molecule has 0 aromatic rings. The van der Waals surface area contributed by atoms with Crippen molar-refractivity contribution in [3.63, 3.8) is 0 Å². The van der Waals surface area contributed by atoms with Crippen LogP contribution in [0.5, 0.6) is 0 Å². The summed E-state index contributed by atoms with van der Waals surface area (Å²) in [7, 11) is 1.24. The predicted molar refractivity (Wildman–Crippen MR) is 41.8 cm³/mol. The molecule has 0 saturated carbocycles. The fourth-order valence-corrected chi connectivity index (χ4v) is 1.23. The van der Waals surface area contributed by atoms with Crippen molar-refractivity contribution in [3.8, 4) is 0 Å². The summed E-state index contributed by atoms with van der Waals surface area (Å²) in [5, 5.41) is 0. The number of rotatable bonds is 5. The van der Waals surface area contributed by atoms with Crippen molar-refractivity contribution in [1.82, 2.24) is 0 Å². The van der Waals surface area contributed by atoms with E-state index in [1.807, 2.05) is 6.55 Å². The molecule has 0 N–H and O–H groups in total. The van der Waals surface area contributed by atoms with Gasteiger partial charge in [0.2, 0.25) is 0 Å². The van der Waals surface area contributed by atoms with Crippen molar-refractivity contribution in [1.29, 1.82) is 0 Å². The third-order valence-electron chi connectivity index (χ3n) is 1.33. The fraction of sp³-hybridized carbons (Fsp3) is 0.667. The lowest BCUT2D eigenvalue weighted by atomic mass is 11.2. The normalized spacial score (nSPS) is 11.1. The molecule has 0 aromatic carbocycles. The van der Waals surface area contributed by atoms with Gasteiger partial charge in [-0.15, -0.1) is 0 Å². The Kier molecular flexibility index (Phi) is 4.34. The van der Waals surface area contributed by atoms with Crippen LogP contribution < -0.4 is 0 Å². The molecule has 0 radical (unpaired) electrons. The van der Waals surface area contributed by atoms with Gasteiger partial charge in [0, 0.05) is 14.2 Å². The molecule has 0 rings (SSSR count). The van der Waals surface area contributed by atoms with E-state index in [0.717, 1.165) is 0 Å². The Labute approximate surface area is 62.8 Å². The lowest BCUT2D eigenvalue weighted by Gasteiger charge is -2.21. The maximum atomic E-state index is 5.13. The predicted octanol–water partition coefficient (Wildman–Crippen LogP) is 1.05. The first-order valence-corrected chi connectivity index (χ1v) is 5.53. The molecule has 0 fully saturated rings. The molecular formula is C6H14O3Si. The largest absolute Gasteiger partial charge is 0.500 e. The first kappa shape index (κ1) is 9.68. The van der Waals surface area contributed by atoms with E-state index in [-0.39, 0.29) is 0 Å². The number of hydrogen-bond donors (Lipinski definition) is 0. The highest BCUT2D eigenvalue weighted by Crippen LogP contribution is 2.03. The average molecular weight is 162 g/mol. The molecule has 0 unspecified atom stereocenters. The molecule has 4 heteroatoms. The van der Waals surface area contributed by atoms with E-state index in [2.05, 4.69) is 6.58 Å². The Balaban J connectivity index is 3.68. The zero-order chi connectivity index (χ0) is 8.04. The van der Waals surface area contributed by atoms with Crippen molar-refractivity contribution in [2.75, 3.05) is 20.4 Å². The summed E-state index contributed by atoms with van der Waals surface area (Å²) in [5.74, 6) is 0. The van der Waals surface area contributed by atoms with Gasteiger partial charge in [0.1, 0.15) is 6.23 Å². The van der Waals surface area contributed by atoms with Crippen LogP contribution in [0.1, 0.15) is 0 Å². The molecule has 0 spiro atoms. The van der Waals surface area contributed by atoms with E-state index >= 15 is 0 Å². The van der Waals surface area contributed by atoms with Crippen molar-refractivity contribution in [2.45, 2.75) is 6.55 Å². The lowest BCUT2D eigenvalue weighted by Crippen LogP contribution is -2.41. The van der Waals surface area contributed by atoms with Crippen molar-refractivity contribution < 1.29 is 13.6 Å². The van der Waals surface area contributed by atoms with E-state index in [4.69, 9.17) is 13.6 Å². The van der Waals surface area contributed by atoms with Gasteiger partial charge in [-0.25, -0.2) is 0 Å². The van der Waals surface area contributed by atoms with Crippen LogP contribution in [0.25, 0.3) is 0 Å². The minimum Gasteiger partial charge on any atom is -0.500 e. The Morgan fingerprint density at radius 2 is 1.90 bits per heavy atom. The molecule has 0 aliphatic rings. The monoisotopic (exact) mass is 162 g/mol. The van der Waals surface area contributed by atoms with Crippen LogP contribution in [0.2, 0.25) is 6.55 Å². The van der Waals surface area contributed by atoms with Crippen LogP contribution in [-0.4, -0.2) is 29.0 Å². The smallest absolute Gasteiger partial charge is 0.373 e. The second-order valence-electron chi connectivity index (χ2n) is 2.02. The third-order valence-corrected chi connectivity index (χ3v) is 3.75. The van der Waals surface area contributed by atoms with Crippen LogP contribution in [0, 0.1) is 0 Å². The highest BCUT2D eigenvalue weighted by molar-refractivity contribution is 6.65. The molecule has 0 heterocycles. The highest BCUT2D eigenvalue weighted by atomic mass is 28.4. The zero-order valence-electron chi connectivity index (χ0n) is 6.72. The van der Waals surface area contributed by atoms with Gasteiger partial charge in [-0.2, -0.15) is 0 Å². The first-order valence-electron chi connectivity index (χ1n) is 3.01. The molecule has 0 amide bonds. The molecule has 10 heavy (non-hydrogen) atoms. The van der Waals surface area contributed by atoms with Gasteiger partial charge in [0.15, 0.2) is 0 Å². The first-order chi connectivity index (χ1) is 4.68. The number of ether oxygens (including phenoxy) is 1. The summed E-state index contributed by atoms with van der Waals surface area (Å²) in [6.45, 7) is 5.35. The molecule has 0 atom stereocenters. The van der Waals surface area contributed by atoms with Crippen LogP contribution in [0.15, 0.2) is 12.8 Å². The quantitative estimate of drug-likeness (QED) is 0.447. The maximum Gasteiger partial charge on any atom is 0.373 e. The van der Waals surface area contributed by atoms with E-state index in [1.54, 1.807) is 14.2 Å². The van der Waals surface area contributed by atoms with Crippen LogP contribution in [0.3, 0.4) is 0 Å². The molecule has 60 valence electrons. The minimum atomic E-state index is -2.01. The Hall–Kier alpha value is -0.323. The van der Waals surface area contributed by atoms with E-state index in [0.29, 0.717) is 6.23 Å². The molecular weight excluding hydrogens is 148 g/mol. The Morgan fingerprint density at radius 3 is 2.20 bits per heavy atom. The lowest BCUT2D eigenvalue weighted by molar-refractivity contribution is 0.191. The number of hydrogen-bond acceptors (Lipinski definition) is 3. The summed E-state index contributed by atoms with van der Waals surface area (Å²) in [4.78, 5) is 0. The zero-order valence-corrected chi connectivity index (χ0v) is 7.72. The van der Waals surface area contributed by atoms with Gasteiger partial charge >= 0.3 is 8.56 Å². The third kappa shape index (κ3) is 3.00. The SMILES string of the molecule is C=COC[Si](C)(OC)OC. The van der Waals surface area contributed by atoms with E-state index < -0.39 is 8.56 Å². The average Bonchev–Trinajstić information content (AvgIpc) is 2.00. The van der Waals surface area contributed by atoms with Gasteiger partial charge in [-0.1, -0.05) is 6.58 Å². The van der Waals surface area contributed by atoms with Crippen LogP contribution in [-0.2, 0) is 13.6 Å². The van der Waals surface area contributed by atoms with Crippen LogP contribution >= 0.6 is 0 Å². The molecule has 0 bridgehead atoms. The van der Waals surface area contributed by atoms with Gasteiger partial charge in [-0.05, 0) is 6.55 Å². The topological polar surface area (TPSA) is 27.7 Å². The molecule has 0 aliphatic heterocycles. The van der Waals surface area contributed by atoms with Crippen molar-refractivity contribution in [2.24, 2.45) is 0 Å². The standard InChI is InChI=1S/C6H14O3Si/c1-5-9-6-10(4,7-2)8-3/h5H,1,6H2,2-4H3. The Bertz CT molecular complexity index is 101. The summed E-state index contributed by atoms with van der Waals surface area (Å²) in [6.07, 6.45) is 1.88. The van der Waals surface area contributed by atoms with Gasteiger partial charge in [0.25, 0.3) is 0 Å². The fourth-order valence-electron chi connectivity index (χ4n) is 0.411. The van der Waals surface area contributed by atoms with Crippen LogP contribution in [0.4, 0.5) is 0 Å². The molecule has 0 aliphatic carbocycles. The molecule has 0 aromatic heterocycles. The minimum absolute atomic E-state index is 0.490. The van der Waals surface area contributed by atoms with Gasteiger partial charge < -0.3 is 13.6 Å². The van der Waals surface area contributed by atoms with E-state index in [9.17, 15) is 0 Å². The summed E-state index contributed by atoms with van der Waals surface area (Å²) < 4.78 is 15.2. The maximum absolute atomic E-state index is 5.13. The molecule has 3 nitrogen and oxygen atoms in total.